The van der Waals surface area contributed by atoms with Crippen LogP contribution in [0.5, 0.6) is 0 Å². The Morgan fingerprint density at radius 2 is 2.41 bits per heavy atom. The van der Waals surface area contributed by atoms with Crippen LogP contribution in [0.25, 0.3) is 17.2 Å². The smallest absolute Gasteiger partial charge is 0.356 e. The molecule has 0 amide bonds. The molecule has 0 atom stereocenters. The topological polar surface area (TPSA) is 83.3 Å². The highest BCUT2D eigenvalue weighted by Crippen LogP contribution is 2.20. The quantitative estimate of drug-likeness (QED) is 0.724. The molecule has 6 nitrogen and oxygen atoms in total. The van der Waals surface area contributed by atoms with Crippen LogP contribution < -0.4 is 0 Å². The molecule has 0 aromatic carbocycles. The van der Waals surface area contributed by atoms with Crippen LogP contribution in [0.2, 0.25) is 0 Å². The molecule has 0 fully saturated rings. The number of hydrogen-bond acceptors (Lipinski definition) is 4. The third kappa shape index (κ3) is 1.43. The summed E-state index contributed by atoms with van der Waals surface area (Å²) in [6, 6.07) is 0. The standard InChI is InChI=1S/C10H8N4O2S/c1-5-8(9(15)16)13-10-12-6(2-14(5)10)7-3-17-4-11-7/h2-4H,1H3,(H,12,13)(H,15,16). The second-order valence-corrected chi connectivity index (χ2v) is 4.30. The molecule has 0 aliphatic rings. The van der Waals surface area contributed by atoms with Gasteiger partial charge in [0.2, 0.25) is 5.78 Å². The minimum atomic E-state index is -1.02. The number of nitrogens with zero attached hydrogens (tertiary/aromatic N) is 3. The SMILES string of the molecule is Cc1c(C(=O)O)nc2[nH]c(-c3cscn3)cn12. The minimum absolute atomic E-state index is 0.0704. The van der Waals surface area contributed by atoms with Crippen molar-refractivity contribution in [1.29, 1.82) is 0 Å². The van der Waals surface area contributed by atoms with E-state index in [1.54, 1.807) is 23.0 Å². The van der Waals surface area contributed by atoms with Crippen molar-refractivity contribution in [3.05, 3.63) is 28.5 Å². The van der Waals surface area contributed by atoms with Crippen molar-refractivity contribution in [2.45, 2.75) is 6.92 Å². The molecule has 3 heterocycles. The number of hydrogen-bond donors (Lipinski definition) is 2. The van der Waals surface area contributed by atoms with Crippen molar-refractivity contribution in [2.75, 3.05) is 0 Å². The van der Waals surface area contributed by atoms with Crippen LogP contribution in [0.4, 0.5) is 0 Å². The number of fused-ring (bicyclic) bond motifs is 1. The maximum atomic E-state index is 10.9. The highest BCUT2D eigenvalue weighted by molar-refractivity contribution is 7.07. The molecule has 0 aliphatic carbocycles. The van der Waals surface area contributed by atoms with Gasteiger partial charge in [0.25, 0.3) is 0 Å². The van der Waals surface area contributed by atoms with Gasteiger partial charge in [-0.3, -0.25) is 4.40 Å². The van der Waals surface area contributed by atoms with E-state index in [1.165, 1.54) is 11.3 Å². The molecule has 17 heavy (non-hydrogen) atoms. The maximum absolute atomic E-state index is 10.9. The Hall–Kier alpha value is -2.15. The molecule has 3 aromatic rings. The number of aromatic amines is 1. The van der Waals surface area contributed by atoms with Gasteiger partial charge in [0.15, 0.2) is 5.69 Å². The van der Waals surface area contributed by atoms with E-state index < -0.39 is 5.97 Å². The summed E-state index contributed by atoms with van der Waals surface area (Å²) < 4.78 is 1.72. The average Bonchev–Trinajstić information content (AvgIpc) is 2.94. The van der Waals surface area contributed by atoms with Gasteiger partial charge in [-0.15, -0.1) is 11.3 Å². The Labute approximate surface area is 99.6 Å². The fourth-order valence-corrected chi connectivity index (χ4v) is 2.27. The lowest BCUT2D eigenvalue weighted by Crippen LogP contribution is -1.99. The first kappa shape index (κ1) is 10.0. The third-order valence-electron chi connectivity index (χ3n) is 2.57. The Morgan fingerprint density at radius 3 is 3.00 bits per heavy atom. The molecule has 3 rings (SSSR count). The number of carboxylic acid groups (broad SMARTS) is 1. The lowest BCUT2D eigenvalue weighted by molar-refractivity contribution is 0.0690. The van der Waals surface area contributed by atoms with Gasteiger partial charge in [0, 0.05) is 11.6 Å². The van der Waals surface area contributed by atoms with Gasteiger partial charge in [0.1, 0.15) is 0 Å². The van der Waals surface area contributed by atoms with Crippen molar-refractivity contribution in [3.63, 3.8) is 0 Å². The van der Waals surface area contributed by atoms with Crippen LogP contribution in [-0.4, -0.2) is 30.4 Å². The molecule has 0 unspecified atom stereocenters. The van der Waals surface area contributed by atoms with Crippen molar-refractivity contribution in [3.8, 4) is 11.4 Å². The zero-order valence-electron chi connectivity index (χ0n) is 8.84. The number of aromatic nitrogens is 4. The van der Waals surface area contributed by atoms with E-state index in [1.807, 2.05) is 5.38 Å². The van der Waals surface area contributed by atoms with Gasteiger partial charge in [-0.25, -0.2) is 14.8 Å². The molecular weight excluding hydrogens is 240 g/mol. The molecule has 0 radical (unpaired) electrons. The Morgan fingerprint density at radius 1 is 1.59 bits per heavy atom. The summed E-state index contributed by atoms with van der Waals surface area (Å²) >= 11 is 1.50. The summed E-state index contributed by atoms with van der Waals surface area (Å²) in [5, 5.41) is 10.9. The van der Waals surface area contributed by atoms with Crippen LogP contribution >= 0.6 is 11.3 Å². The fourth-order valence-electron chi connectivity index (χ4n) is 1.72. The fraction of sp³-hybridized carbons (Fsp3) is 0.100. The van der Waals surface area contributed by atoms with Crippen LogP contribution in [0, 0.1) is 6.92 Å². The number of carboxylic acids is 1. The monoisotopic (exact) mass is 248 g/mol. The van der Waals surface area contributed by atoms with Crippen LogP contribution in [-0.2, 0) is 0 Å². The number of H-pyrrole nitrogens is 1. The zero-order chi connectivity index (χ0) is 12.0. The number of carbonyl (C=O) groups is 1. The number of thiazole rings is 1. The number of nitrogens with one attached hydrogen (secondary N) is 1. The number of aryl methyl sites for hydroxylation is 1. The third-order valence-corrected chi connectivity index (χ3v) is 3.15. The molecule has 0 saturated carbocycles. The second kappa shape index (κ2) is 3.42. The molecule has 86 valence electrons. The van der Waals surface area contributed by atoms with E-state index in [-0.39, 0.29) is 5.69 Å². The summed E-state index contributed by atoms with van der Waals surface area (Å²) in [5.74, 6) is -0.502. The summed E-state index contributed by atoms with van der Waals surface area (Å²) in [7, 11) is 0. The molecule has 0 spiro atoms. The van der Waals surface area contributed by atoms with Gasteiger partial charge < -0.3 is 10.1 Å². The van der Waals surface area contributed by atoms with Crippen LogP contribution in [0.3, 0.4) is 0 Å². The molecule has 0 aliphatic heterocycles. The number of imidazole rings is 2. The van der Waals surface area contributed by atoms with E-state index in [0.29, 0.717) is 11.5 Å². The van der Waals surface area contributed by atoms with Crippen molar-refractivity contribution in [2.24, 2.45) is 0 Å². The Balaban J connectivity index is 2.19. The summed E-state index contributed by atoms with van der Waals surface area (Å²) in [4.78, 5) is 22.2. The highest BCUT2D eigenvalue weighted by atomic mass is 32.1. The van der Waals surface area contributed by atoms with Crippen molar-refractivity contribution >= 4 is 23.1 Å². The Kier molecular flexibility index (Phi) is 2.02. The Bertz CT molecular complexity index is 695. The first-order chi connectivity index (χ1) is 8.16. The van der Waals surface area contributed by atoms with Gasteiger partial charge in [0.05, 0.1) is 22.6 Å². The zero-order valence-corrected chi connectivity index (χ0v) is 9.65. The van der Waals surface area contributed by atoms with Crippen molar-refractivity contribution < 1.29 is 9.90 Å². The van der Waals surface area contributed by atoms with E-state index in [4.69, 9.17) is 5.11 Å². The lowest BCUT2D eigenvalue weighted by Gasteiger charge is -1.91. The minimum Gasteiger partial charge on any atom is -0.476 e. The predicted molar refractivity (Wildman–Crippen MR) is 62.3 cm³/mol. The van der Waals surface area contributed by atoms with Gasteiger partial charge in [-0.1, -0.05) is 0 Å². The van der Waals surface area contributed by atoms with E-state index >= 15 is 0 Å². The summed E-state index contributed by atoms with van der Waals surface area (Å²) in [6.07, 6.45) is 1.80. The van der Waals surface area contributed by atoms with Gasteiger partial charge in [-0.05, 0) is 6.92 Å². The maximum Gasteiger partial charge on any atom is 0.356 e. The van der Waals surface area contributed by atoms with E-state index in [0.717, 1.165) is 11.4 Å². The molecular formula is C10H8N4O2S. The number of aromatic carboxylic acids is 1. The lowest BCUT2D eigenvalue weighted by atomic mass is 10.3. The summed E-state index contributed by atoms with van der Waals surface area (Å²) in [6.45, 7) is 1.72. The van der Waals surface area contributed by atoms with Crippen LogP contribution in [0.15, 0.2) is 17.1 Å². The van der Waals surface area contributed by atoms with E-state index in [2.05, 4.69) is 15.0 Å². The van der Waals surface area contributed by atoms with Crippen LogP contribution in [0.1, 0.15) is 16.2 Å². The molecule has 0 bridgehead atoms. The first-order valence-corrected chi connectivity index (χ1v) is 5.80. The molecule has 3 aromatic heterocycles. The van der Waals surface area contributed by atoms with E-state index in [9.17, 15) is 4.79 Å². The average molecular weight is 248 g/mol. The van der Waals surface area contributed by atoms with Crippen molar-refractivity contribution in [1.82, 2.24) is 19.4 Å². The van der Waals surface area contributed by atoms with Gasteiger partial charge >= 0.3 is 5.97 Å². The first-order valence-electron chi connectivity index (χ1n) is 4.86. The largest absolute Gasteiger partial charge is 0.476 e. The predicted octanol–water partition coefficient (Wildman–Crippen LogP) is 1.79. The highest BCUT2D eigenvalue weighted by Gasteiger charge is 2.17. The number of rotatable bonds is 2. The van der Waals surface area contributed by atoms with Gasteiger partial charge in [-0.2, -0.15) is 0 Å². The normalized spacial score (nSPS) is 11.1. The summed E-state index contributed by atoms with van der Waals surface area (Å²) in [5.41, 5.74) is 4.07. The molecule has 2 N–H and O–H groups in total. The molecule has 0 saturated heterocycles. The second-order valence-electron chi connectivity index (χ2n) is 3.59. The molecule has 7 heteroatoms.